The number of hydrogen-bond acceptors (Lipinski definition) is 6. The topological polar surface area (TPSA) is 79.6 Å². The van der Waals surface area contributed by atoms with Gasteiger partial charge in [-0.3, -0.25) is 10.2 Å². The molecule has 1 saturated heterocycles. The number of rotatable bonds is 7. The molecule has 194 valence electrons. The van der Waals surface area contributed by atoms with Gasteiger partial charge in [-0.25, -0.2) is 9.78 Å². The molecule has 2 N–H and O–H groups in total. The Balaban J connectivity index is 1.31. The predicted molar refractivity (Wildman–Crippen MR) is 150 cm³/mol. The molecule has 1 amide bonds. The van der Waals surface area contributed by atoms with Crippen molar-refractivity contribution in [2.45, 2.75) is 45.6 Å². The first kappa shape index (κ1) is 26.0. The van der Waals surface area contributed by atoms with Crippen LogP contribution in [0.25, 0.3) is 21.5 Å². The van der Waals surface area contributed by atoms with Crippen LogP contribution in [0.5, 0.6) is 0 Å². The molecule has 2 aromatic heterocycles. The summed E-state index contributed by atoms with van der Waals surface area (Å²) in [6.45, 7) is 5.44. The number of halogens is 2. The molecule has 2 aromatic carbocycles. The molecule has 37 heavy (non-hydrogen) atoms. The van der Waals surface area contributed by atoms with Crippen molar-refractivity contribution < 1.29 is 14.6 Å². The van der Waals surface area contributed by atoms with E-state index in [0.717, 1.165) is 66.2 Å². The molecule has 0 radical (unpaired) electrons. The van der Waals surface area contributed by atoms with Gasteiger partial charge in [-0.1, -0.05) is 23.2 Å². The quantitative estimate of drug-likeness (QED) is 0.261. The molecule has 1 aliphatic heterocycles. The molecular formula is C27H28Cl2N4O3S. The fourth-order valence-electron chi connectivity index (χ4n) is 4.60. The summed E-state index contributed by atoms with van der Waals surface area (Å²) in [6, 6.07) is 11.3. The van der Waals surface area contributed by atoms with Crippen molar-refractivity contribution >= 4 is 57.2 Å². The van der Waals surface area contributed by atoms with Gasteiger partial charge in [0, 0.05) is 58.8 Å². The van der Waals surface area contributed by atoms with Gasteiger partial charge in [0.05, 0.1) is 23.0 Å². The second-order valence-corrected chi connectivity index (χ2v) is 10.9. The fraction of sp³-hybridized carbons (Fsp3) is 0.333. The molecule has 0 spiro atoms. The number of nitrogens with zero attached hydrogens (tertiary/aromatic N) is 3. The Morgan fingerprint density at radius 3 is 2.68 bits per heavy atom. The number of aliphatic hydroxyl groups is 1. The van der Waals surface area contributed by atoms with E-state index in [2.05, 4.69) is 45.3 Å². The number of benzene rings is 2. The molecule has 3 heterocycles. The molecule has 0 bridgehead atoms. The van der Waals surface area contributed by atoms with Crippen LogP contribution in [0.15, 0.2) is 48.0 Å². The minimum atomic E-state index is -0.556. The van der Waals surface area contributed by atoms with Crippen LogP contribution in [-0.2, 0) is 24.4 Å². The summed E-state index contributed by atoms with van der Waals surface area (Å²) in [6.07, 6.45) is 2.81. The number of aliphatic hydroxyl groups excluding tert-OH is 1. The van der Waals surface area contributed by atoms with E-state index in [1.54, 1.807) is 29.5 Å². The van der Waals surface area contributed by atoms with Gasteiger partial charge in [-0.05, 0) is 61.7 Å². The van der Waals surface area contributed by atoms with Gasteiger partial charge in [0.25, 0.3) is 0 Å². The van der Waals surface area contributed by atoms with Crippen LogP contribution < -0.4 is 5.32 Å². The zero-order valence-electron chi connectivity index (χ0n) is 20.4. The normalized spacial score (nSPS) is 14.8. The highest BCUT2D eigenvalue weighted by atomic mass is 35.5. The van der Waals surface area contributed by atoms with Gasteiger partial charge < -0.3 is 14.4 Å². The number of ether oxygens (including phenoxy) is 1. The van der Waals surface area contributed by atoms with Crippen LogP contribution in [0.1, 0.15) is 31.0 Å². The van der Waals surface area contributed by atoms with Crippen molar-refractivity contribution in [3.63, 3.8) is 0 Å². The summed E-state index contributed by atoms with van der Waals surface area (Å²) >= 11 is 13.7. The number of aromatic nitrogens is 2. The molecule has 10 heteroatoms. The third-order valence-corrected chi connectivity index (χ3v) is 7.87. The third-order valence-electron chi connectivity index (χ3n) is 6.49. The number of aryl methyl sites for hydroxylation is 1. The molecule has 7 nitrogen and oxygen atoms in total. The monoisotopic (exact) mass is 558 g/mol. The molecule has 1 aliphatic rings. The summed E-state index contributed by atoms with van der Waals surface area (Å²) in [5.74, 6) is 0. The number of thiazole rings is 1. The van der Waals surface area contributed by atoms with Crippen molar-refractivity contribution in [1.82, 2.24) is 14.5 Å². The molecule has 0 atom stereocenters. The van der Waals surface area contributed by atoms with Crippen LogP contribution in [0.2, 0.25) is 10.0 Å². The van der Waals surface area contributed by atoms with E-state index >= 15 is 0 Å². The van der Waals surface area contributed by atoms with E-state index < -0.39 is 6.09 Å². The second-order valence-electron chi connectivity index (χ2n) is 9.19. The summed E-state index contributed by atoms with van der Waals surface area (Å²) in [5.41, 5.74) is 4.44. The second kappa shape index (κ2) is 11.4. The Hall–Kier alpha value is -2.62. The lowest BCUT2D eigenvalue weighted by Crippen LogP contribution is -2.35. The van der Waals surface area contributed by atoms with Gasteiger partial charge >= 0.3 is 6.09 Å². The highest BCUT2D eigenvalue weighted by Crippen LogP contribution is 2.33. The van der Waals surface area contributed by atoms with Gasteiger partial charge in [-0.15, -0.1) is 11.3 Å². The fourth-order valence-corrected chi connectivity index (χ4v) is 5.98. The van der Waals surface area contributed by atoms with E-state index in [4.69, 9.17) is 32.9 Å². The molecule has 0 aliphatic carbocycles. The number of hydrogen-bond donors (Lipinski definition) is 2. The number of likely N-dealkylation sites (tertiary alicyclic amines) is 1. The molecule has 1 fully saturated rings. The minimum absolute atomic E-state index is 0.0572. The van der Waals surface area contributed by atoms with E-state index in [0.29, 0.717) is 21.3 Å². The Morgan fingerprint density at radius 2 is 1.95 bits per heavy atom. The number of carbonyl (C=O) groups excluding carboxylic acids is 1. The molecule has 0 saturated carbocycles. The first-order valence-corrected chi connectivity index (χ1v) is 13.9. The summed E-state index contributed by atoms with van der Waals surface area (Å²) in [4.78, 5) is 19.8. The first-order valence-electron chi connectivity index (χ1n) is 12.2. The van der Waals surface area contributed by atoms with Crippen molar-refractivity contribution in [3.8, 4) is 10.6 Å². The maximum atomic E-state index is 12.6. The van der Waals surface area contributed by atoms with Crippen molar-refractivity contribution in [1.29, 1.82) is 0 Å². The van der Waals surface area contributed by atoms with Crippen molar-refractivity contribution in [2.24, 2.45) is 0 Å². The number of amides is 1. The summed E-state index contributed by atoms with van der Waals surface area (Å²) in [5, 5.41) is 17.6. The van der Waals surface area contributed by atoms with Gasteiger partial charge in [0.2, 0.25) is 0 Å². The van der Waals surface area contributed by atoms with Crippen LogP contribution in [0.4, 0.5) is 10.5 Å². The summed E-state index contributed by atoms with van der Waals surface area (Å²) < 4.78 is 7.51. The zero-order chi connectivity index (χ0) is 25.9. The van der Waals surface area contributed by atoms with Crippen LogP contribution in [0.3, 0.4) is 0 Å². The summed E-state index contributed by atoms with van der Waals surface area (Å²) in [7, 11) is 0. The predicted octanol–water partition coefficient (Wildman–Crippen LogP) is 6.80. The maximum Gasteiger partial charge on any atom is 0.412 e. The average molecular weight is 560 g/mol. The highest BCUT2D eigenvalue weighted by molar-refractivity contribution is 7.13. The first-order chi connectivity index (χ1) is 17.9. The lowest BCUT2D eigenvalue weighted by Gasteiger charge is -2.28. The molecule has 4 aromatic rings. The van der Waals surface area contributed by atoms with Gasteiger partial charge in [0.15, 0.2) is 0 Å². The molecule has 0 unspecified atom stereocenters. The minimum Gasteiger partial charge on any atom is -0.444 e. The lowest BCUT2D eigenvalue weighted by molar-refractivity contribution is 0.0787. The SMILES string of the molecule is CCn1cc(NC(=O)OCc2cc(Cl)cc(Cl)c2)c2cc(-c3nc(CN4CCC(O)CC4)cs3)ccc21. The largest absolute Gasteiger partial charge is 0.444 e. The molecular weight excluding hydrogens is 531 g/mol. The maximum absolute atomic E-state index is 12.6. The Kier molecular flexibility index (Phi) is 8.02. The average Bonchev–Trinajstić information content (AvgIpc) is 3.48. The van der Waals surface area contributed by atoms with Gasteiger partial charge in [-0.2, -0.15) is 0 Å². The Bertz CT molecular complexity index is 1390. The van der Waals surface area contributed by atoms with Gasteiger partial charge in [0.1, 0.15) is 11.6 Å². The highest BCUT2D eigenvalue weighted by Gasteiger charge is 2.19. The van der Waals surface area contributed by atoms with E-state index in [-0.39, 0.29) is 12.7 Å². The Morgan fingerprint density at radius 1 is 1.19 bits per heavy atom. The van der Waals surface area contributed by atoms with Crippen LogP contribution in [0, 0.1) is 0 Å². The van der Waals surface area contributed by atoms with E-state index in [1.165, 1.54) is 0 Å². The van der Waals surface area contributed by atoms with Crippen LogP contribution >= 0.6 is 34.5 Å². The Labute approximate surface area is 229 Å². The van der Waals surface area contributed by atoms with Crippen molar-refractivity contribution in [2.75, 3.05) is 18.4 Å². The lowest BCUT2D eigenvalue weighted by atomic mass is 10.1. The smallest absolute Gasteiger partial charge is 0.412 e. The number of anilines is 1. The third kappa shape index (κ3) is 6.27. The number of fused-ring (bicyclic) bond motifs is 1. The number of piperidine rings is 1. The number of carbonyl (C=O) groups is 1. The van der Waals surface area contributed by atoms with E-state index in [9.17, 15) is 9.90 Å². The standard InChI is InChI=1S/C27H28Cl2N4O3S/c1-2-33-14-24(31-27(35)36-15-17-9-19(28)12-20(29)10-17)23-11-18(3-4-25(23)33)26-30-21(16-37-26)13-32-7-5-22(34)6-8-32/h3-4,9-12,14,16,22,34H,2,5-8,13,15H2,1H3,(H,31,35). The van der Waals surface area contributed by atoms with Crippen LogP contribution in [-0.4, -0.2) is 44.8 Å². The van der Waals surface area contributed by atoms with E-state index in [1.807, 2.05) is 6.20 Å². The molecule has 5 rings (SSSR count). The van der Waals surface area contributed by atoms with Crippen molar-refractivity contribution in [3.05, 3.63) is 69.3 Å². The zero-order valence-corrected chi connectivity index (χ0v) is 22.7. The number of nitrogens with one attached hydrogen (secondary N) is 1.